The van der Waals surface area contributed by atoms with E-state index < -0.39 is 0 Å². The fourth-order valence-corrected chi connectivity index (χ4v) is 3.04. The Bertz CT molecular complexity index is 213. The van der Waals surface area contributed by atoms with Gasteiger partial charge in [-0.05, 0) is 38.1 Å². The van der Waals surface area contributed by atoms with Gasteiger partial charge in [0.15, 0.2) is 0 Å². The van der Waals surface area contributed by atoms with Crippen molar-refractivity contribution in [2.24, 2.45) is 5.92 Å². The standard InChI is InChI=1S/C13H25N3/c1-2-13(14-5-1)11-16-8-6-15(7-9-16)10-12-3-4-12/h12-14H,1-11H2/t13-/m0/s1. The molecule has 0 unspecified atom stereocenters. The van der Waals surface area contributed by atoms with Gasteiger partial charge in [0.25, 0.3) is 0 Å². The summed E-state index contributed by atoms with van der Waals surface area (Å²) in [5.41, 5.74) is 0. The first kappa shape index (κ1) is 11.0. The third-order valence-electron chi connectivity index (χ3n) is 4.32. The van der Waals surface area contributed by atoms with Gasteiger partial charge in [0.1, 0.15) is 0 Å². The largest absolute Gasteiger partial charge is 0.313 e. The van der Waals surface area contributed by atoms with Crippen LogP contribution >= 0.6 is 0 Å². The molecule has 0 aromatic carbocycles. The van der Waals surface area contributed by atoms with Crippen LogP contribution in [0.5, 0.6) is 0 Å². The van der Waals surface area contributed by atoms with E-state index in [2.05, 4.69) is 15.1 Å². The summed E-state index contributed by atoms with van der Waals surface area (Å²) in [5, 5.41) is 3.60. The fourth-order valence-electron chi connectivity index (χ4n) is 3.04. The second-order valence-electron chi connectivity index (χ2n) is 5.84. The second-order valence-corrected chi connectivity index (χ2v) is 5.84. The highest BCUT2D eigenvalue weighted by molar-refractivity contribution is 4.83. The molecule has 2 saturated heterocycles. The summed E-state index contributed by atoms with van der Waals surface area (Å²) < 4.78 is 0. The topological polar surface area (TPSA) is 18.5 Å². The van der Waals surface area contributed by atoms with Gasteiger partial charge in [0.2, 0.25) is 0 Å². The number of nitrogens with zero attached hydrogens (tertiary/aromatic N) is 2. The molecule has 1 atom stereocenters. The Morgan fingerprint density at radius 2 is 1.56 bits per heavy atom. The maximum absolute atomic E-state index is 3.60. The third kappa shape index (κ3) is 2.96. The Morgan fingerprint density at radius 1 is 0.875 bits per heavy atom. The molecule has 0 bridgehead atoms. The zero-order valence-corrected chi connectivity index (χ0v) is 10.3. The molecule has 1 N–H and O–H groups in total. The molecule has 16 heavy (non-hydrogen) atoms. The molecule has 1 aliphatic carbocycles. The van der Waals surface area contributed by atoms with E-state index in [1.165, 1.54) is 71.5 Å². The third-order valence-corrected chi connectivity index (χ3v) is 4.32. The molecule has 3 aliphatic rings. The summed E-state index contributed by atoms with van der Waals surface area (Å²) in [4.78, 5) is 5.34. The number of piperazine rings is 1. The monoisotopic (exact) mass is 223 g/mol. The minimum atomic E-state index is 0.787. The molecule has 3 heteroatoms. The van der Waals surface area contributed by atoms with Crippen LogP contribution < -0.4 is 5.32 Å². The summed E-state index contributed by atoms with van der Waals surface area (Å²) in [7, 11) is 0. The zero-order chi connectivity index (χ0) is 10.8. The molecule has 2 aliphatic heterocycles. The number of rotatable bonds is 4. The van der Waals surface area contributed by atoms with Crippen molar-refractivity contribution in [3.05, 3.63) is 0 Å². The Morgan fingerprint density at radius 3 is 2.12 bits per heavy atom. The minimum absolute atomic E-state index is 0.787. The first-order chi connectivity index (χ1) is 7.90. The van der Waals surface area contributed by atoms with E-state index in [9.17, 15) is 0 Å². The van der Waals surface area contributed by atoms with Gasteiger partial charge in [-0.2, -0.15) is 0 Å². The number of hydrogen-bond acceptors (Lipinski definition) is 3. The average Bonchev–Trinajstić information content (AvgIpc) is 2.96. The van der Waals surface area contributed by atoms with Crippen LogP contribution in [-0.2, 0) is 0 Å². The Kier molecular flexibility index (Phi) is 3.46. The molecule has 3 rings (SSSR count). The Labute approximate surface area is 99.2 Å². The summed E-state index contributed by atoms with van der Waals surface area (Å²) in [6.45, 7) is 9.13. The highest BCUT2D eigenvalue weighted by atomic mass is 15.3. The van der Waals surface area contributed by atoms with Crippen LogP contribution in [0.2, 0.25) is 0 Å². The van der Waals surface area contributed by atoms with E-state index >= 15 is 0 Å². The molecule has 0 spiro atoms. The van der Waals surface area contributed by atoms with Crippen molar-refractivity contribution >= 4 is 0 Å². The first-order valence-electron chi connectivity index (χ1n) is 7.08. The molecule has 3 nitrogen and oxygen atoms in total. The van der Waals surface area contributed by atoms with Crippen molar-refractivity contribution in [3.8, 4) is 0 Å². The van der Waals surface area contributed by atoms with E-state index in [4.69, 9.17) is 0 Å². The van der Waals surface area contributed by atoms with Gasteiger partial charge in [-0.15, -0.1) is 0 Å². The summed E-state index contributed by atoms with van der Waals surface area (Å²) in [6.07, 6.45) is 5.76. The van der Waals surface area contributed by atoms with Crippen molar-refractivity contribution in [1.82, 2.24) is 15.1 Å². The lowest BCUT2D eigenvalue weighted by Gasteiger charge is -2.36. The molecule has 0 amide bonds. The summed E-state index contributed by atoms with van der Waals surface area (Å²) in [6, 6.07) is 0.787. The molecule has 92 valence electrons. The Balaban J connectivity index is 1.36. The van der Waals surface area contributed by atoms with Crippen LogP contribution in [0.15, 0.2) is 0 Å². The van der Waals surface area contributed by atoms with Crippen LogP contribution in [0.3, 0.4) is 0 Å². The predicted molar refractivity (Wildman–Crippen MR) is 66.6 cm³/mol. The van der Waals surface area contributed by atoms with Crippen LogP contribution in [0.25, 0.3) is 0 Å². The van der Waals surface area contributed by atoms with Gasteiger partial charge in [-0.1, -0.05) is 0 Å². The SMILES string of the molecule is C1CN[C@H](CN2CCN(CC3CC3)CC2)C1. The van der Waals surface area contributed by atoms with Gasteiger partial charge in [-0.25, -0.2) is 0 Å². The molecule has 0 aromatic heterocycles. The van der Waals surface area contributed by atoms with Gasteiger partial charge in [0.05, 0.1) is 0 Å². The normalized spacial score (nSPS) is 33.4. The quantitative estimate of drug-likeness (QED) is 0.759. The maximum atomic E-state index is 3.60. The van der Waals surface area contributed by atoms with E-state index in [0.717, 1.165) is 12.0 Å². The van der Waals surface area contributed by atoms with E-state index in [1.54, 1.807) is 0 Å². The fraction of sp³-hybridized carbons (Fsp3) is 1.00. The van der Waals surface area contributed by atoms with Crippen molar-refractivity contribution in [2.75, 3.05) is 45.8 Å². The van der Waals surface area contributed by atoms with E-state index in [0.29, 0.717) is 0 Å². The molecule has 0 aromatic rings. The van der Waals surface area contributed by atoms with E-state index in [-0.39, 0.29) is 0 Å². The number of hydrogen-bond donors (Lipinski definition) is 1. The van der Waals surface area contributed by atoms with Gasteiger partial charge < -0.3 is 10.2 Å². The predicted octanol–water partition coefficient (Wildman–Crippen LogP) is 0.766. The van der Waals surface area contributed by atoms with Crippen molar-refractivity contribution in [1.29, 1.82) is 0 Å². The second kappa shape index (κ2) is 5.03. The van der Waals surface area contributed by atoms with Crippen LogP contribution in [0.1, 0.15) is 25.7 Å². The van der Waals surface area contributed by atoms with Gasteiger partial charge in [0, 0.05) is 45.3 Å². The minimum Gasteiger partial charge on any atom is -0.313 e. The maximum Gasteiger partial charge on any atom is 0.0195 e. The van der Waals surface area contributed by atoms with E-state index in [1.807, 2.05) is 0 Å². The van der Waals surface area contributed by atoms with Crippen LogP contribution in [0, 0.1) is 5.92 Å². The molecular weight excluding hydrogens is 198 g/mol. The van der Waals surface area contributed by atoms with Crippen molar-refractivity contribution in [2.45, 2.75) is 31.7 Å². The van der Waals surface area contributed by atoms with Crippen LogP contribution in [0.4, 0.5) is 0 Å². The molecule has 1 saturated carbocycles. The lowest BCUT2D eigenvalue weighted by Crippen LogP contribution is -2.50. The molecule has 3 fully saturated rings. The Hall–Kier alpha value is -0.120. The van der Waals surface area contributed by atoms with Gasteiger partial charge >= 0.3 is 0 Å². The van der Waals surface area contributed by atoms with Crippen molar-refractivity contribution < 1.29 is 0 Å². The molecule has 2 heterocycles. The summed E-state index contributed by atoms with van der Waals surface area (Å²) >= 11 is 0. The van der Waals surface area contributed by atoms with Crippen LogP contribution in [-0.4, -0.2) is 61.7 Å². The smallest absolute Gasteiger partial charge is 0.0195 e. The van der Waals surface area contributed by atoms with Gasteiger partial charge in [-0.3, -0.25) is 4.90 Å². The molecular formula is C13H25N3. The highest BCUT2D eigenvalue weighted by Gasteiger charge is 2.27. The lowest BCUT2D eigenvalue weighted by molar-refractivity contribution is 0.121. The highest BCUT2D eigenvalue weighted by Crippen LogP contribution is 2.29. The summed E-state index contributed by atoms with van der Waals surface area (Å²) in [5.74, 6) is 1.06. The lowest BCUT2D eigenvalue weighted by atomic mass is 10.2. The van der Waals surface area contributed by atoms with Crippen molar-refractivity contribution in [3.63, 3.8) is 0 Å². The zero-order valence-electron chi connectivity index (χ0n) is 10.3. The average molecular weight is 223 g/mol. The first-order valence-corrected chi connectivity index (χ1v) is 7.08. The number of nitrogens with one attached hydrogen (secondary N) is 1. The molecule has 0 radical (unpaired) electrons.